The van der Waals surface area contributed by atoms with Crippen LogP contribution in [0.25, 0.3) is 76.7 Å². The Morgan fingerprint density at radius 2 is 1.10 bits per heavy atom. The van der Waals surface area contributed by atoms with Gasteiger partial charge in [-0.25, -0.2) is 4.98 Å². The molecule has 8 aromatic rings. The first kappa shape index (κ1) is 22.4. The van der Waals surface area contributed by atoms with E-state index in [2.05, 4.69) is 127 Å². The predicted octanol–water partition coefficient (Wildman–Crippen LogP) is 10.8. The van der Waals surface area contributed by atoms with Gasteiger partial charge < -0.3 is 4.74 Å². The highest BCUT2D eigenvalue weighted by Crippen LogP contribution is 2.48. The molecule has 0 spiro atoms. The molecule has 9 rings (SSSR count). The third kappa shape index (κ3) is 3.28. The fraction of sp³-hybridized carbons (Fsp3) is 0. The van der Waals surface area contributed by atoms with Gasteiger partial charge in [0.25, 0.3) is 0 Å². The maximum absolute atomic E-state index is 6.32. The summed E-state index contributed by atoms with van der Waals surface area (Å²) in [6, 6.07) is 49.5. The fourth-order valence-electron chi connectivity index (χ4n) is 6.58. The zero-order valence-corrected chi connectivity index (χ0v) is 22.1. The van der Waals surface area contributed by atoms with Crippen LogP contribution in [-0.2, 0) is 0 Å². The molecule has 0 N–H and O–H groups in total. The number of pyridine rings is 1. The van der Waals surface area contributed by atoms with E-state index in [1.165, 1.54) is 54.4 Å². The molecular formula is C39H23NO. The van der Waals surface area contributed by atoms with Crippen molar-refractivity contribution in [2.24, 2.45) is 0 Å². The molecule has 190 valence electrons. The molecular weight excluding hydrogens is 498 g/mol. The van der Waals surface area contributed by atoms with Crippen LogP contribution < -0.4 is 4.74 Å². The minimum atomic E-state index is 0.910. The van der Waals surface area contributed by atoms with Crippen LogP contribution in [0.1, 0.15) is 0 Å². The first-order chi connectivity index (χ1) is 20.3. The summed E-state index contributed by atoms with van der Waals surface area (Å²) in [6.07, 6.45) is 0. The highest BCUT2D eigenvalue weighted by molar-refractivity contribution is 6.22. The van der Waals surface area contributed by atoms with Crippen molar-refractivity contribution in [1.82, 2.24) is 4.98 Å². The molecule has 0 atom stereocenters. The first-order valence-electron chi connectivity index (χ1n) is 14.0. The summed E-state index contributed by atoms with van der Waals surface area (Å²) < 4.78 is 6.32. The number of aromatic nitrogens is 1. The molecule has 0 amide bonds. The number of nitrogens with zero attached hydrogens (tertiary/aromatic N) is 1. The van der Waals surface area contributed by atoms with E-state index >= 15 is 0 Å². The lowest BCUT2D eigenvalue weighted by atomic mass is 9.89. The third-order valence-corrected chi connectivity index (χ3v) is 8.46. The average molecular weight is 522 g/mol. The van der Waals surface area contributed by atoms with Crippen molar-refractivity contribution >= 4 is 43.2 Å². The van der Waals surface area contributed by atoms with E-state index in [0.717, 1.165) is 33.8 Å². The molecule has 0 unspecified atom stereocenters. The molecule has 7 aromatic carbocycles. The zero-order chi connectivity index (χ0) is 26.9. The number of para-hydroxylation sites is 2. The van der Waals surface area contributed by atoms with E-state index < -0.39 is 0 Å². The molecule has 0 fully saturated rings. The molecule has 41 heavy (non-hydrogen) atoms. The van der Waals surface area contributed by atoms with Gasteiger partial charge in [-0.05, 0) is 51.0 Å². The number of ether oxygens (including phenoxy) is 1. The highest BCUT2D eigenvalue weighted by Gasteiger charge is 2.21. The van der Waals surface area contributed by atoms with Gasteiger partial charge in [-0.1, -0.05) is 121 Å². The van der Waals surface area contributed by atoms with Crippen molar-refractivity contribution in [3.8, 4) is 45.0 Å². The number of benzene rings is 7. The Balaban J connectivity index is 1.23. The Morgan fingerprint density at radius 1 is 0.390 bits per heavy atom. The molecule has 0 saturated heterocycles. The van der Waals surface area contributed by atoms with Crippen molar-refractivity contribution in [2.75, 3.05) is 0 Å². The summed E-state index contributed by atoms with van der Waals surface area (Å²) in [7, 11) is 0. The maximum Gasteiger partial charge on any atom is 0.135 e. The Hall–Kier alpha value is -5.47. The van der Waals surface area contributed by atoms with Crippen LogP contribution >= 0.6 is 0 Å². The molecule has 0 radical (unpaired) electrons. The first-order valence-corrected chi connectivity index (χ1v) is 14.0. The van der Waals surface area contributed by atoms with Crippen molar-refractivity contribution < 1.29 is 4.74 Å². The van der Waals surface area contributed by atoms with E-state index in [-0.39, 0.29) is 0 Å². The maximum atomic E-state index is 6.32. The topological polar surface area (TPSA) is 22.1 Å². The molecule has 2 heteroatoms. The van der Waals surface area contributed by atoms with Crippen LogP contribution in [0, 0.1) is 0 Å². The normalized spacial score (nSPS) is 12.1. The lowest BCUT2D eigenvalue weighted by Crippen LogP contribution is -1.97. The van der Waals surface area contributed by atoms with Crippen LogP contribution in [0.5, 0.6) is 11.5 Å². The summed E-state index contributed by atoms with van der Waals surface area (Å²) in [6.45, 7) is 0. The fourth-order valence-corrected chi connectivity index (χ4v) is 6.58. The van der Waals surface area contributed by atoms with Gasteiger partial charge in [-0.15, -0.1) is 0 Å². The van der Waals surface area contributed by atoms with Gasteiger partial charge in [0.2, 0.25) is 0 Å². The van der Waals surface area contributed by atoms with Gasteiger partial charge >= 0.3 is 0 Å². The Morgan fingerprint density at radius 3 is 2.02 bits per heavy atom. The average Bonchev–Trinajstić information content (AvgIpc) is 3.04. The van der Waals surface area contributed by atoms with E-state index in [1.54, 1.807) is 0 Å². The molecule has 1 aliphatic heterocycles. The third-order valence-electron chi connectivity index (χ3n) is 8.46. The van der Waals surface area contributed by atoms with E-state index in [4.69, 9.17) is 9.72 Å². The van der Waals surface area contributed by atoms with E-state index in [9.17, 15) is 0 Å². The minimum Gasteiger partial charge on any atom is -0.456 e. The lowest BCUT2D eigenvalue weighted by molar-refractivity contribution is 0.487. The van der Waals surface area contributed by atoms with Gasteiger partial charge in [0.05, 0.1) is 11.2 Å². The Labute approximate surface area is 237 Å². The number of hydrogen-bond acceptors (Lipinski definition) is 2. The molecule has 1 aliphatic rings. The second-order valence-corrected chi connectivity index (χ2v) is 10.7. The van der Waals surface area contributed by atoms with Crippen LogP contribution in [-0.4, -0.2) is 4.98 Å². The summed E-state index contributed by atoms with van der Waals surface area (Å²) in [5, 5.41) is 8.49. The SMILES string of the molecule is c1ccc2c(c1)Oc1cccc3c(-c4ccc(-c5nc6ccccc6c6c5ccc5ccccc56)cc4)ccc-2c13. The summed E-state index contributed by atoms with van der Waals surface area (Å²) >= 11 is 0. The molecule has 0 saturated carbocycles. The summed E-state index contributed by atoms with van der Waals surface area (Å²) in [4.78, 5) is 5.18. The molecule has 2 nitrogen and oxygen atoms in total. The van der Waals surface area contributed by atoms with Gasteiger partial charge in [-0.2, -0.15) is 0 Å². The van der Waals surface area contributed by atoms with Gasteiger partial charge in [0.15, 0.2) is 0 Å². The van der Waals surface area contributed by atoms with Crippen LogP contribution in [0.4, 0.5) is 0 Å². The molecule has 0 bridgehead atoms. The molecule has 0 aliphatic carbocycles. The molecule has 1 aromatic heterocycles. The van der Waals surface area contributed by atoms with E-state index in [0.29, 0.717) is 0 Å². The van der Waals surface area contributed by atoms with Crippen molar-refractivity contribution in [2.45, 2.75) is 0 Å². The van der Waals surface area contributed by atoms with E-state index in [1.807, 2.05) is 12.1 Å². The van der Waals surface area contributed by atoms with Crippen molar-refractivity contribution in [3.05, 3.63) is 140 Å². The number of fused-ring (bicyclic) bond motifs is 7. The standard InChI is InChI=1S/C39H23NO/c1-2-9-28-24(8-1)20-21-33-37(28)32-11-3-5-13-34(32)40-39(33)26-18-16-25(17-19-26)27-22-23-31-29-10-4-6-14-35(29)41-36-15-7-12-30(27)38(31)36/h1-23H. The lowest BCUT2D eigenvalue weighted by Gasteiger charge is -2.22. The summed E-state index contributed by atoms with van der Waals surface area (Å²) in [5.74, 6) is 1.82. The Bertz CT molecular complexity index is 2320. The van der Waals surface area contributed by atoms with Gasteiger partial charge in [-0.3, -0.25) is 0 Å². The van der Waals surface area contributed by atoms with Crippen molar-refractivity contribution in [3.63, 3.8) is 0 Å². The minimum absolute atomic E-state index is 0.910. The second-order valence-electron chi connectivity index (χ2n) is 10.7. The molecule has 2 heterocycles. The van der Waals surface area contributed by atoms with Crippen LogP contribution in [0.2, 0.25) is 0 Å². The number of rotatable bonds is 2. The zero-order valence-electron chi connectivity index (χ0n) is 22.1. The van der Waals surface area contributed by atoms with Crippen LogP contribution in [0.15, 0.2) is 140 Å². The number of hydrogen-bond donors (Lipinski definition) is 0. The monoisotopic (exact) mass is 521 g/mol. The quantitative estimate of drug-likeness (QED) is 0.211. The van der Waals surface area contributed by atoms with Crippen molar-refractivity contribution in [1.29, 1.82) is 0 Å². The largest absolute Gasteiger partial charge is 0.456 e. The second kappa shape index (κ2) is 8.51. The van der Waals surface area contributed by atoms with Crippen LogP contribution in [0.3, 0.4) is 0 Å². The Kier molecular flexibility index (Phi) is 4.64. The highest BCUT2D eigenvalue weighted by atomic mass is 16.5. The van der Waals surface area contributed by atoms with Gasteiger partial charge in [0.1, 0.15) is 11.5 Å². The predicted molar refractivity (Wildman–Crippen MR) is 171 cm³/mol. The summed E-state index contributed by atoms with van der Waals surface area (Å²) in [5.41, 5.74) is 7.86. The van der Waals surface area contributed by atoms with Gasteiger partial charge in [0, 0.05) is 32.7 Å². The smallest absolute Gasteiger partial charge is 0.135 e.